The highest BCUT2D eigenvalue weighted by Gasteiger charge is 2.51. The summed E-state index contributed by atoms with van der Waals surface area (Å²) in [5.41, 5.74) is -3.91. The first-order valence-corrected chi connectivity index (χ1v) is 6.94. The third-order valence-corrected chi connectivity index (χ3v) is 3.30. The lowest BCUT2D eigenvalue weighted by atomic mass is 9.74. The first kappa shape index (κ1) is 18.7. The Labute approximate surface area is 131 Å². The fraction of sp³-hybridized carbons (Fsp3) is 0.467. The number of halogens is 2. The van der Waals surface area contributed by atoms with Crippen molar-refractivity contribution in [3.05, 3.63) is 34.2 Å². The van der Waals surface area contributed by atoms with Gasteiger partial charge in [-0.05, 0) is 30.5 Å². The molecule has 1 atom stereocenters. The molecule has 0 amide bonds. The lowest BCUT2D eigenvalue weighted by molar-refractivity contribution is -0.162. The summed E-state index contributed by atoms with van der Waals surface area (Å²) in [7, 11) is 0. The van der Waals surface area contributed by atoms with E-state index < -0.39 is 40.2 Å². The third kappa shape index (κ3) is 3.52. The lowest BCUT2D eigenvalue weighted by Gasteiger charge is -2.29. The molecule has 0 fully saturated rings. The summed E-state index contributed by atoms with van der Waals surface area (Å²) in [5.74, 6) is -5.60. The van der Waals surface area contributed by atoms with E-state index in [0.29, 0.717) is 12.1 Å². The monoisotopic (exact) mass is 329 g/mol. The standard InChI is InChI=1S/C15H17F2NO5/c1-4-23-14(21)15(13(19)20,7-8(2)3)9-5-11(17)12(18-22)6-10(9)16/h5-6,8H,4,7H2,1-3H3,(H,19,20). The summed E-state index contributed by atoms with van der Waals surface area (Å²) in [6.45, 7) is 4.61. The second-order valence-electron chi connectivity index (χ2n) is 5.40. The van der Waals surface area contributed by atoms with Gasteiger partial charge in [0.1, 0.15) is 11.5 Å². The number of aliphatic carboxylic acids is 1. The van der Waals surface area contributed by atoms with Crippen LogP contribution in [0.5, 0.6) is 0 Å². The van der Waals surface area contributed by atoms with Gasteiger partial charge in [-0.15, -0.1) is 4.91 Å². The van der Waals surface area contributed by atoms with Gasteiger partial charge in [-0.25, -0.2) is 8.78 Å². The van der Waals surface area contributed by atoms with E-state index in [1.165, 1.54) is 6.92 Å². The minimum absolute atomic E-state index is 0.121. The number of rotatable bonds is 7. The van der Waals surface area contributed by atoms with Gasteiger partial charge in [0.25, 0.3) is 0 Å². The second-order valence-corrected chi connectivity index (χ2v) is 5.40. The normalized spacial score (nSPS) is 13.5. The number of hydrogen-bond donors (Lipinski definition) is 1. The van der Waals surface area contributed by atoms with Gasteiger partial charge >= 0.3 is 11.9 Å². The Bertz CT molecular complexity index is 633. The van der Waals surface area contributed by atoms with Crippen LogP contribution < -0.4 is 0 Å². The molecule has 0 bridgehead atoms. The van der Waals surface area contributed by atoms with Crippen LogP contribution in [0, 0.1) is 22.5 Å². The van der Waals surface area contributed by atoms with Crippen molar-refractivity contribution < 1.29 is 28.2 Å². The predicted molar refractivity (Wildman–Crippen MR) is 77.2 cm³/mol. The quantitative estimate of drug-likeness (QED) is 0.471. The highest BCUT2D eigenvalue weighted by Crippen LogP contribution is 2.37. The Kier molecular flexibility index (Phi) is 5.89. The number of carbonyl (C=O) groups is 2. The van der Waals surface area contributed by atoms with Crippen molar-refractivity contribution in [3.63, 3.8) is 0 Å². The number of ether oxygens (including phenoxy) is 1. The first-order chi connectivity index (χ1) is 10.7. The van der Waals surface area contributed by atoms with Crippen molar-refractivity contribution in [3.8, 4) is 0 Å². The molecule has 0 aliphatic carbocycles. The number of carboxylic acids is 1. The predicted octanol–water partition coefficient (Wildman–Crippen LogP) is 3.29. The first-order valence-electron chi connectivity index (χ1n) is 6.94. The van der Waals surface area contributed by atoms with E-state index in [9.17, 15) is 28.4 Å². The summed E-state index contributed by atoms with van der Waals surface area (Å²) < 4.78 is 32.9. The van der Waals surface area contributed by atoms with Crippen LogP contribution in [0.25, 0.3) is 0 Å². The van der Waals surface area contributed by atoms with Gasteiger partial charge in [-0.1, -0.05) is 13.8 Å². The average molecular weight is 329 g/mol. The highest BCUT2D eigenvalue weighted by atomic mass is 19.1. The molecule has 0 aliphatic heterocycles. The molecule has 8 heteroatoms. The number of esters is 1. The van der Waals surface area contributed by atoms with E-state index in [-0.39, 0.29) is 18.9 Å². The zero-order chi connectivity index (χ0) is 17.8. The van der Waals surface area contributed by atoms with Gasteiger partial charge < -0.3 is 9.84 Å². The molecular formula is C15H17F2NO5. The van der Waals surface area contributed by atoms with Gasteiger partial charge in [0.2, 0.25) is 0 Å². The maximum Gasteiger partial charge on any atom is 0.328 e. The Morgan fingerprint density at radius 2 is 1.91 bits per heavy atom. The second kappa shape index (κ2) is 7.26. The highest BCUT2D eigenvalue weighted by molar-refractivity contribution is 6.05. The molecule has 23 heavy (non-hydrogen) atoms. The SMILES string of the molecule is CCOC(=O)C(CC(C)C)(C(=O)O)c1cc(F)c(N=O)cc1F. The van der Waals surface area contributed by atoms with Crippen molar-refractivity contribution in [1.82, 2.24) is 0 Å². The third-order valence-electron chi connectivity index (χ3n) is 3.30. The molecule has 0 heterocycles. The van der Waals surface area contributed by atoms with Crippen LogP contribution in [-0.4, -0.2) is 23.7 Å². The molecule has 6 nitrogen and oxygen atoms in total. The number of benzene rings is 1. The summed E-state index contributed by atoms with van der Waals surface area (Å²) >= 11 is 0. The molecule has 1 aromatic carbocycles. The molecule has 1 unspecified atom stereocenters. The van der Waals surface area contributed by atoms with Gasteiger partial charge in [-0.2, -0.15) is 0 Å². The van der Waals surface area contributed by atoms with Crippen molar-refractivity contribution in [2.24, 2.45) is 11.1 Å². The van der Waals surface area contributed by atoms with Crippen LogP contribution in [0.3, 0.4) is 0 Å². The van der Waals surface area contributed by atoms with E-state index in [0.717, 1.165) is 0 Å². The van der Waals surface area contributed by atoms with Crippen molar-refractivity contribution >= 4 is 17.6 Å². The Hall–Kier alpha value is -2.38. The van der Waals surface area contributed by atoms with Crippen molar-refractivity contribution in [2.45, 2.75) is 32.6 Å². The number of carboxylic acid groups (broad SMARTS) is 1. The maximum absolute atomic E-state index is 14.3. The minimum atomic E-state index is -2.41. The summed E-state index contributed by atoms with van der Waals surface area (Å²) in [6.07, 6.45) is -0.300. The van der Waals surface area contributed by atoms with Gasteiger partial charge in [0.05, 0.1) is 6.61 Å². The van der Waals surface area contributed by atoms with Crippen LogP contribution in [0.15, 0.2) is 17.3 Å². The summed E-state index contributed by atoms with van der Waals surface area (Å²) in [4.78, 5) is 34.5. The van der Waals surface area contributed by atoms with E-state index in [2.05, 4.69) is 5.18 Å². The smallest absolute Gasteiger partial charge is 0.328 e. The number of carbonyl (C=O) groups excluding carboxylic acids is 1. The van der Waals surface area contributed by atoms with Crippen LogP contribution in [-0.2, 0) is 19.7 Å². The summed E-state index contributed by atoms with van der Waals surface area (Å²) in [5, 5.41) is 11.9. The Balaban J connectivity index is 3.68. The van der Waals surface area contributed by atoms with Crippen molar-refractivity contribution in [1.29, 1.82) is 0 Å². The Morgan fingerprint density at radius 3 is 2.35 bits per heavy atom. The fourth-order valence-corrected chi connectivity index (χ4v) is 2.39. The zero-order valence-electron chi connectivity index (χ0n) is 12.9. The average Bonchev–Trinajstić information content (AvgIpc) is 2.46. The number of nitrogens with zero attached hydrogens (tertiary/aromatic N) is 1. The van der Waals surface area contributed by atoms with Gasteiger partial charge in [-0.3, -0.25) is 9.59 Å². The number of hydrogen-bond acceptors (Lipinski definition) is 5. The lowest BCUT2D eigenvalue weighted by Crippen LogP contribution is -2.47. The number of nitroso groups, excluding NO2 is 1. The fourth-order valence-electron chi connectivity index (χ4n) is 2.39. The van der Waals surface area contributed by atoms with Crippen LogP contribution in [0.1, 0.15) is 32.8 Å². The summed E-state index contributed by atoms with van der Waals surface area (Å²) in [6, 6.07) is 0.981. The molecule has 126 valence electrons. The molecule has 0 spiro atoms. The largest absolute Gasteiger partial charge is 0.480 e. The minimum Gasteiger partial charge on any atom is -0.480 e. The Morgan fingerprint density at radius 1 is 1.30 bits per heavy atom. The molecule has 0 aliphatic rings. The zero-order valence-corrected chi connectivity index (χ0v) is 12.9. The molecule has 0 aromatic heterocycles. The molecule has 1 aromatic rings. The molecule has 1 N–H and O–H groups in total. The molecule has 0 saturated heterocycles. The van der Waals surface area contributed by atoms with E-state index >= 15 is 0 Å². The van der Waals surface area contributed by atoms with Crippen LogP contribution >= 0.6 is 0 Å². The van der Waals surface area contributed by atoms with E-state index in [1.807, 2.05) is 0 Å². The molecule has 0 radical (unpaired) electrons. The van der Waals surface area contributed by atoms with Gasteiger partial charge in [0, 0.05) is 11.6 Å². The van der Waals surface area contributed by atoms with Crippen molar-refractivity contribution in [2.75, 3.05) is 6.61 Å². The molecule has 1 rings (SSSR count). The van der Waals surface area contributed by atoms with Gasteiger partial charge in [0.15, 0.2) is 11.2 Å². The van der Waals surface area contributed by atoms with E-state index in [4.69, 9.17) is 4.74 Å². The topological polar surface area (TPSA) is 93.0 Å². The van der Waals surface area contributed by atoms with Crippen LogP contribution in [0.2, 0.25) is 0 Å². The van der Waals surface area contributed by atoms with Crippen LogP contribution in [0.4, 0.5) is 14.5 Å². The maximum atomic E-state index is 14.3. The van der Waals surface area contributed by atoms with E-state index in [1.54, 1.807) is 13.8 Å². The molecule has 0 saturated carbocycles. The molecular weight excluding hydrogens is 312 g/mol.